The molecule has 0 spiro atoms. The highest BCUT2D eigenvalue weighted by molar-refractivity contribution is 6.32. The molecule has 0 radical (unpaired) electrons. The van der Waals surface area contributed by atoms with E-state index >= 15 is 0 Å². The third-order valence-corrected chi connectivity index (χ3v) is 3.92. The zero-order valence-electron chi connectivity index (χ0n) is 13.3. The first-order chi connectivity index (χ1) is 11.1. The smallest absolute Gasteiger partial charge is 0.161 e. The Balaban J connectivity index is 2.27. The Hall–Kier alpha value is -2.38. The predicted octanol–water partition coefficient (Wildman–Crippen LogP) is 4.22. The van der Waals surface area contributed by atoms with Gasteiger partial charge in [-0.15, -0.1) is 0 Å². The number of nitriles is 1. The number of hydrogen-bond acceptors (Lipinski definition) is 4. The quantitative estimate of drug-likeness (QED) is 0.795. The van der Waals surface area contributed by atoms with E-state index in [1.165, 1.54) is 0 Å². The molecule has 0 N–H and O–H groups in total. The molecule has 2 rings (SSSR count). The molecule has 0 aliphatic heterocycles. The van der Waals surface area contributed by atoms with Gasteiger partial charge in [0.25, 0.3) is 0 Å². The van der Waals surface area contributed by atoms with E-state index in [4.69, 9.17) is 25.8 Å². The van der Waals surface area contributed by atoms with Gasteiger partial charge in [-0.25, -0.2) is 0 Å². The van der Waals surface area contributed by atoms with Crippen molar-refractivity contribution in [2.45, 2.75) is 12.3 Å². The molecule has 1 atom stereocenters. The summed E-state index contributed by atoms with van der Waals surface area (Å²) in [6.45, 7) is 0. The van der Waals surface area contributed by atoms with Crippen LogP contribution in [0.25, 0.3) is 0 Å². The average molecular weight is 332 g/mol. The average Bonchev–Trinajstić information content (AvgIpc) is 2.59. The van der Waals surface area contributed by atoms with Gasteiger partial charge in [0.05, 0.1) is 38.3 Å². The van der Waals surface area contributed by atoms with Gasteiger partial charge in [0.1, 0.15) is 5.75 Å². The molecule has 0 amide bonds. The van der Waals surface area contributed by atoms with E-state index in [1.807, 2.05) is 24.3 Å². The van der Waals surface area contributed by atoms with Crippen molar-refractivity contribution in [1.29, 1.82) is 5.26 Å². The minimum atomic E-state index is -0.306. The van der Waals surface area contributed by atoms with Crippen LogP contribution in [0.2, 0.25) is 5.02 Å². The van der Waals surface area contributed by atoms with Crippen LogP contribution in [0.5, 0.6) is 17.2 Å². The van der Waals surface area contributed by atoms with E-state index in [-0.39, 0.29) is 5.92 Å². The van der Waals surface area contributed by atoms with Crippen LogP contribution in [-0.2, 0) is 6.42 Å². The van der Waals surface area contributed by atoms with E-state index in [0.717, 1.165) is 11.1 Å². The molecule has 0 aliphatic carbocycles. The summed E-state index contributed by atoms with van der Waals surface area (Å²) in [5.41, 5.74) is 1.84. The summed E-state index contributed by atoms with van der Waals surface area (Å²) >= 11 is 6.14. The molecule has 4 nitrogen and oxygen atoms in total. The van der Waals surface area contributed by atoms with Crippen molar-refractivity contribution in [1.82, 2.24) is 0 Å². The van der Waals surface area contributed by atoms with E-state index < -0.39 is 0 Å². The highest BCUT2D eigenvalue weighted by atomic mass is 35.5. The fourth-order valence-electron chi connectivity index (χ4n) is 2.38. The second-order valence-electron chi connectivity index (χ2n) is 4.97. The van der Waals surface area contributed by atoms with Gasteiger partial charge in [-0.05, 0) is 41.8 Å². The summed E-state index contributed by atoms with van der Waals surface area (Å²) in [6.07, 6.45) is 0.551. The van der Waals surface area contributed by atoms with E-state index in [1.54, 1.807) is 33.5 Å². The zero-order chi connectivity index (χ0) is 16.8. The van der Waals surface area contributed by atoms with Crippen LogP contribution in [0.3, 0.4) is 0 Å². The maximum absolute atomic E-state index is 9.52. The maximum Gasteiger partial charge on any atom is 0.161 e. The van der Waals surface area contributed by atoms with Gasteiger partial charge in [0.15, 0.2) is 11.5 Å². The van der Waals surface area contributed by atoms with Crippen molar-refractivity contribution in [3.8, 4) is 23.3 Å². The lowest BCUT2D eigenvalue weighted by Gasteiger charge is -2.14. The fourth-order valence-corrected chi connectivity index (χ4v) is 2.66. The molecule has 23 heavy (non-hydrogen) atoms. The van der Waals surface area contributed by atoms with Crippen LogP contribution >= 0.6 is 11.6 Å². The molecule has 0 aliphatic rings. The van der Waals surface area contributed by atoms with Gasteiger partial charge >= 0.3 is 0 Å². The third kappa shape index (κ3) is 3.88. The van der Waals surface area contributed by atoms with Crippen LogP contribution < -0.4 is 14.2 Å². The van der Waals surface area contributed by atoms with Crippen LogP contribution in [0, 0.1) is 11.3 Å². The van der Waals surface area contributed by atoms with Gasteiger partial charge < -0.3 is 14.2 Å². The molecule has 0 heterocycles. The number of halogens is 1. The van der Waals surface area contributed by atoms with Gasteiger partial charge in [0, 0.05) is 0 Å². The largest absolute Gasteiger partial charge is 0.495 e. The van der Waals surface area contributed by atoms with Crippen molar-refractivity contribution in [3.63, 3.8) is 0 Å². The highest BCUT2D eigenvalue weighted by Gasteiger charge is 2.15. The van der Waals surface area contributed by atoms with E-state index in [9.17, 15) is 5.26 Å². The Bertz CT molecular complexity index is 725. The third-order valence-electron chi connectivity index (χ3n) is 3.62. The topological polar surface area (TPSA) is 51.5 Å². The Morgan fingerprint density at radius 2 is 1.61 bits per heavy atom. The predicted molar refractivity (Wildman–Crippen MR) is 89.6 cm³/mol. The van der Waals surface area contributed by atoms with Crippen molar-refractivity contribution in [2.24, 2.45) is 0 Å². The Kier molecular flexibility index (Phi) is 5.72. The first-order valence-corrected chi connectivity index (χ1v) is 7.44. The van der Waals surface area contributed by atoms with Crippen LogP contribution in [0.15, 0.2) is 36.4 Å². The second kappa shape index (κ2) is 7.75. The van der Waals surface area contributed by atoms with Gasteiger partial charge in [-0.2, -0.15) is 5.26 Å². The Morgan fingerprint density at radius 1 is 0.957 bits per heavy atom. The van der Waals surface area contributed by atoms with Gasteiger partial charge in [-0.1, -0.05) is 23.7 Å². The molecular weight excluding hydrogens is 314 g/mol. The Labute approximate surface area is 141 Å². The minimum absolute atomic E-state index is 0.306. The number of methoxy groups -OCH3 is 3. The Morgan fingerprint density at radius 3 is 2.17 bits per heavy atom. The summed E-state index contributed by atoms with van der Waals surface area (Å²) in [6, 6.07) is 13.4. The monoisotopic (exact) mass is 331 g/mol. The normalized spacial score (nSPS) is 11.4. The molecule has 2 aromatic rings. The molecule has 1 unspecified atom stereocenters. The van der Waals surface area contributed by atoms with Crippen molar-refractivity contribution < 1.29 is 14.2 Å². The van der Waals surface area contributed by atoms with Crippen molar-refractivity contribution in [2.75, 3.05) is 21.3 Å². The lowest BCUT2D eigenvalue weighted by molar-refractivity contribution is 0.354. The molecule has 120 valence electrons. The molecule has 5 heteroatoms. The summed E-state index contributed by atoms with van der Waals surface area (Å²) in [7, 11) is 4.73. The first-order valence-electron chi connectivity index (χ1n) is 7.06. The number of benzene rings is 2. The fraction of sp³-hybridized carbons (Fsp3) is 0.278. The molecule has 0 saturated carbocycles. The van der Waals surface area contributed by atoms with Crippen molar-refractivity contribution >= 4 is 11.6 Å². The maximum atomic E-state index is 9.52. The molecular formula is C18H18ClNO3. The van der Waals surface area contributed by atoms with Gasteiger partial charge in [0.2, 0.25) is 0 Å². The second-order valence-corrected chi connectivity index (χ2v) is 5.38. The molecule has 0 aromatic heterocycles. The van der Waals surface area contributed by atoms with E-state index in [2.05, 4.69) is 6.07 Å². The minimum Gasteiger partial charge on any atom is -0.495 e. The molecule has 0 bridgehead atoms. The van der Waals surface area contributed by atoms with Crippen molar-refractivity contribution in [3.05, 3.63) is 52.5 Å². The lowest BCUT2D eigenvalue weighted by Crippen LogP contribution is -2.02. The van der Waals surface area contributed by atoms with Gasteiger partial charge in [-0.3, -0.25) is 0 Å². The molecule has 0 saturated heterocycles. The SMILES string of the molecule is COc1ccc(CC(C#N)c2ccc(OC)c(OC)c2)cc1Cl. The number of ether oxygens (including phenoxy) is 3. The number of rotatable bonds is 6. The number of nitrogens with zero attached hydrogens (tertiary/aromatic N) is 1. The number of hydrogen-bond donors (Lipinski definition) is 0. The lowest BCUT2D eigenvalue weighted by atomic mass is 9.93. The molecule has 2 aromatic carbocycles. The highest BCUT2D eigenvalue weighted by Crippen LogP contribution is 2.33. The first kappa shape index (κ1) is 17.0. The summed E-state index contributed by atoms with van der Waals surface area (Å²) in [5.74, 6) is 1.56. The van der Waals surface area contributed by atoms with E-state index in [0.29, 0.717) is 28.7 Å². The van der Waals surface area contributed by atoms with Crippen LogP contribution in [0.1, 0.15) is 17.0 Å². The van der Waals surface area contributed by atoms with Crippen LogP contribution in [0.4, 0.5) is 0 Å². The summed E-state index contributed by atoms with van der Waals surface area (Å²) in [4.78, 5) is 0. The molecule has 0 fully saturated rings. The summed E-state index contributed by atoms with van der Waals surface area (Å²) < 4.78 is 15.7. The zero-order valence-corrected chi connectivity index (χ0v) is 14.1. The summed E-state index contributed by atoms with van der Waals surface area (Å²) in [5, 5.41) is 10.1. The van der Waals surface area contributed by atoms with Crippen LogP contribution in [-0.4, -0.2) is 21.3 Å². The standard InChI is InChI=1S/C18H18ClNO3/c1-21-16-6-4-12(9-15(16)19)8-14(11-20)13-5-7-17(22-2)18(10-13)23-3/h4-7,9-10,14H,8H2,1-3H3.